The standard InChI is InChI=1S/C18H20ClN3O3/c1-11-7-16(17(25-3)9-15(11)19)22-18(24)10-20-13-5-4-6-14(8-13)21-12(2)23/h4-9,20H,10H2,1-3H3,(H,21,23)(H,22,24). The van der Waals surface area contributed by atoms with E-state index in [1.165, 1.54) is 14.0 Å². The average molecular weight is 362 g/mol. The first-order valence-electron chi connectivity index (χ1n) is 7.64. The van der Waals surface area contributed by atoms with Crippen molar-refractivity contribution in [2.24, 2.45) is 0 Å². The van der Waals surface area contributed by atoms with E-state index < -0.39 is 0 Å². The molecule has 2 aromatic carbocycles. The number of rotatable bonds is 6. The smallest absolute Gasteiger partial charge is 0.243 e. The molecule has 0 spiro atoms. The third kappa shape index (κ3) is 5.39. The summed E-state index contributed by atoms with van der Waals surface area (Å²) in [5.74, 6) is 0.113. The Morgan fingerprint density at radius 1 is 1.12 bits per heavy atom. The van der Waals surface area contributed by atoms with E-state index in [2.05, 4.69) is 16.0 Å². The summed E-state index contributed by atoms with van der Waals surface area (Å²) in [4.78, 5) is 23.3. The minimum atomic E-state index is -0.232. The SMILES string of the molecule is COc1cc(Cl)c(C)cc1NC(=O)CNc1cccc(NC(C)=O)c1. The van der Waals surface area contributed by atoms with E-state index in [-0.39, 0.29) is 18.4 Å². The Morgan fingerprint density at radius 3 is 2.52 bits per heavy atom. The maximum atomic E-state index is 12.2. The normalized spacial score (nSPS) is 10.1. The first-order chi connectivity index (χ1) is 11.9. The number of carbonyl (C=O) groups is 2. The maximum absolute atomic E-state index is 12.2. The maximum Gasteiger partial charge on any atom is 0.243 e. The summed E-state index contributed by atoms with van der Waals surface area (Å²) in [7, 11) is 1.52. The molecule has 25 heavy (non-hydrogen) atoms. The monoisotopic (exact) mass is 361 g/mol. The van der Waals surface area contributed by atoms with Gasteiger partial charge in [-0.1, -0.05) is 17.7 Å². The summed E-state index contributed by atoms with van der Waals surface area (Å²) in [5, 5.41) is 9.07. The van der Waals surface area contributed by atoms with Crippen LogP contribution < -0.4 is 20.7 Å². The van der Waals surface area contributed by atoms with E-state index in [0.717, 1.165) is 11.3 Å². The van der Waals surface area contributed by atoms with Gasteiger partial charge in [-0.3, -0.25) is 9.59 Å². The Morgan fingerprint density at radius 2 is 1.84 bits per heavy atom. The molecule has 0 aliphatic heterocycles. The zero-order valence-electron chi connectivity index (χ0n) is 14.3. The van der Waals surface area contributed by atoms with Crippen molar-refractivity contribution in [2.75, 3.05) is 29.6 Å². The first kappa shape index (κ1) is 18.6. The zero-order chi connectivity index (χ0) is 18.4. The van der Waals surface area contributed by atoms with Gasteiger partial charge in [0.2, 0.25) is 11.8 Å². The van der Waals surface area contributed by atoms with Crippen LogP contribution in [0.1, 0.15) is 12.5 Å². The van der Waals surface area contributed by atoms with Gasteiger partial charge in [0.25, 0.3) is 0 Å². The number of amides is 2. The second-order valence-corrected chi connectivity index (χ2v) is 5.87. The highest BCUT2D eigenvalue weighted by Gasteiger charge is 2.10. The molecule has 7 heteroatoms. The van der Waals surface area contributed by atoms with Gasteiger partial charge >= 0.3 is 0 Å². The molecule has 0 aromatic heterocycles. The Kier molecular flexibility index (Phi) is 6.25. The lowest BCUT2D eigenvalue weighted by atomic mass is 10.2. The molecule has 2 amide bonds. The molecule has 0 heterocycles. The zero-order valence-corrected chi connectivity index (χ0v) is 15.0. The number of anilines is 3. The van der Waals surface area contributed by atoms with Gasteiger partial charge in [0, 0.05) is 29.4 Å². The lowest BCUT2D eigenvalue weighted by molar-refractivity contribution is -0.115. The topological polar surface area (TPSA) is 79.5 Å². The molecule has 2 aromatic rings. The van der Waals surface area contributed by atoms with E-state index in [0.29, 0.717) is 22.1 Å². The van der Waals surface area contributed by atoms with Crippen LogP contribution in [-0.2, 0) is 9.59 Å². The summed E-state index contributed by atoms with van der Waals surface area (Å²) in [6.07, 6.45) is 0. The van der Waals surface area contributed by atoms with Gasteiger partial charge in [-0.15, -0.1) is 0 Å². The van der Waals surface area contributed by atoms with E-state index in [1.807, 2.05) is 13.0 Å². The molecule has 2 rings (SSSR count). The van der Waals surface area contributed by atoms with Crippen LogP contribution in [0.5, 0.6) is 5.75 Å². The Bertz CT molecular complexity index is 793. The molecule has 0 radical (unpaired) electrons. The number of carbonyl (C=O) groups excluding carboxylic acids is 2. The summed E-state index contributed by atoms with van der Waals surface area (Å²) >= 11 is 6.06. The van der Waals surface area contributed by atoms with Crippen LogP contribution in [0.2, 0.25) is 5.02 Å². The van der Waals surface area contributed by atoms with E-state index in [1.54, 1.807) is 30.3 Å². The highest BCUT2D eigenvalue weighted by atomic mass is 35.5. The van der Waals surface area contributed by atoms with Crippen molar-refractivity contribution in [3.63, 3.8) is 0 Å². The van der Waals surface area contributed by atoms with Crippen molar-refractivity contribution < 1.29 is 14.3 Å². The van der Waals surface area contributed by atoms with Crippen LogP contribution in [0.25, 0.3) is 0 Å². The Hall–Kier alpha value is -2.73. The predicted molar refractivity (Wildman–Crippen MR) is 101 cm³/mol. The molecule has 0 aliphatic carbocycles. The summed E-state index contributed by atoms with van der Waals surface area (Å²) in [5.41, 5.74) is 2.78. The van der Waals surface area contributed by atoms with Crippen molar-refractivity contribution in [1.82, 2.24) is 0 Å². The molecule has 3 N–H and O–H groups in total. The van der Waals surface area contributed by atoms with Gasteiger partial charge in [-0.2, -0.15) is 0 Å². The number of halogens is 1. The molecule has 0 saturated heterocycles. The van der Waals surface area contributed by atoms with E-state index in [9.17, 15) is 9.59 Å². The molecular formula is C18H20ClN3O3. The molecule has 132 valence electrons. The van der Waals surface area contributed by atoms with Crippen LogP contribution >= 0.6 is 11.6 Å². The number of ether oxygens (including phenoxy) is 1. The fraction of sp³-hybridized carbons (Fsp3) is 0.222. The van der Waals surface area contributed by atoms with Gasteiger partial charge < -0.3 is 20.7 Å². The molecule has 0 bridgehead atoms. The van der Waals surface area contributed by atoms with Crippen molar-refractivity contribution in [2.45, 2.75) is 13.8 Å². The van der Waals surface area contributed by atoms with Crippen molar-refractivity contribution >= 4 is 40.5 Å². The summed E-state index contributed by atoms with van der Waals surface area (Å²) < 4.78 is 5.24. The Labute approximate surface area is 151 Å². The highest BCUT2D eigenvalue weighted by molar-refractivity contribution is 6.31. The van der Waals surface area contributed by atoms with Crippen LogP contribution in [0.4, 0.5) is 17.1 Å². The molecule has 6 nitrogen and oxygen atoms in total. The molecule has 0 atom stereocenters. The van der Waals surface area contributed by atoms with Crippen LogP contribution in [0.15, 0.2) is 36.4 Å². The van der Waals surface area contributed by atoms with E-state index in [4.69, 9.17) is 16.3 Å². The number of benzene rings is 2. The lowest BCUT2D eigenvalue weighted by Gasteiger charge is -2.13. The predicted octanol–water partition coefficient (Wildman–Crippen LogP) is 3.67. The molecular weight excluding hydrogens is 342 g/mol. The third-order valence-corrected chi connectivity index (χ3v) is 3.80. The lowest BCUT2D eigenvalue weighted by Crippen LogP contribution is -2.22. The third-order valence-electron chi connectivity index (χ3n) is 3.39. The van der Waals surface area contributed by atoms with Crippen molar-refractivity contribution in [3.05, 3.63) is 47.0 Å². The molecule has 0 saturated carbocycles. The van der Waals surface area contributed by atoms with Crippen LogP contribution in [-0.4, -0.2) is 25.5 Å². The summed E-state index contributed by atoms with van der Waals surface area (Å²) in [6, 6.07) is 10.5. The van der Waals surface area contributed by atoms with Gasteiger partial charge in [0.05, 0.1) is 19.3 Å². The average Bonchev–Trinajstić information content (AvgIpc) is 2.56. The second-order valence-electron chi connectivity index (χ2n) is 5.47. The molecule has 0 aliphatic rings. The minimum Gasteiger partial charge on any atom is -0.495 e. The van der Waals surface area contributed by atoms with Gasteiger partial charge in [-0.05, 0) is 36.8 Å². The summed E-state index contributed by atoms with van der Waals surface area (Å²) in [6.45, 7) is 3.35. The van der Waals surface area contributed by atoms with Gasteiger partial charge in [-0.25, -0.2) is 0 Å². The number of hydrogen-bond acceptors (Lipinski definition) is 4. The fourth-order valence-electron chi connectivity index (χ4n) is 2.22. The first-order valence-corrected chi connectivity index (χ1v) is 8.02. The quantitative estimate of drug-likeness (QED) is 0.733. The van der Waals surface area contributed by atoms with Crippen molar-refractivity contribution in [1.29, 1.82) is 0 Å². The van der Waals surface area contributed by atoms with Gasteiger partial charge in [0.1, 0.15) is 5.75 Å². The largest absolute Gasteiger partial charge is 0.495 e. The Balaban J connectivity index is 1.99. The van der Waals surface area contributed by atoms with Crippen molar-refractivity contribution in [3.8, 4) is 5.75 Å². The van der Waals surface area contributed by atoms with Crippen LogP contribution in [0.3, 0.4) is 0 Å². The highest BCUT2D eigenvalue weighted by Crippen LogP contribution is 2.30. The number of methoxy groups -OCH3 is 1. The van der Waals surface area contributed by atoms with Crippen LogP contribution in [0, 0.1) is 6.92 Å². The number of nitrogens with one attached hydrogen (secondary N) is 3. The number of hydrogen-bond donors (Lipinski definition) is 3. The number of aryl methyl sites for hydroxylation is 1. The fourth-order valence-corrected chi connectivity index (χ4v) is 2.37. The molecule has 0 fully saturated rings. The molecule has 0 unspecified atom stereocenters. The minimum absolute atomic E-state index is 0.0638. The second kappa shape index (κ2) is 8.39. The van der Waals surface area contributed by atoms with Gasteiger partial charge in [0.15, 0.2) is 0 Å². The van der Waals surface area contributed by atoms with E-state index >= 15 is 0 Å².